The van der Waals surface area contributed by atoms with Crippen LogP contribution in [0.3, 0.4) is 0 Å². The van der Waals surface area contributed by atoms with E-state index in [0.717, 1.165) is 38.2 Å². The first-order valence-electron chi connectivity index (χ1n) is 12.5. The van der Waals surface area contributed by atoms with Crippen LogP contribution < -0.4 is 4.74 Å². The van der Waals surface area contributed by atoms with E-state index in [1.165, 1.54) is 12.1 Å². The Labute approximate surface area is 206 Å². The van der Waals surface area contributed by atoms with E-state index in [9.17, 15) is 14.3 Å². The molecule has 1 fully saturated rings. The Bertz CT molecular complexity index is 996. The zero-order valence-electron chi connectivity index (χ0n) is 20.8. The number of hydrogen-bond donors (Lipinski definition) is 1. The molecule has 1 saturated heterocycles. The molecule has 4 rings (SSSR count). The predicted octanol–water partition coefficient (Wildman–Crippen LogP) is 3.47. The fourth-order valence-corrected chi connectivity index (χ4v) is 4.87. The molecule has 0 unspecified atom stereocenters. The van der Waals surface area contributed by atoms with Gasteiger partial charge in [0.15, 0.2) is 0 Å². The number of carbonyl (C=O) groups excluding carboxylic acids is 1. The molecule has 0 bridgehead atoms. The summed E-state index contributed by atoms with van der Waals surface area (Å²) in [5.74, 6) is 0.397. The molecule has 3 atom stereocenters. The molecule has 1 aromatic carbocycles. The molecule has 7 nitrogen and oxygen atoms in total. The maximum absolute atomic E-state index is 13.6. The van der Waals surface area contributed by atoms with Crippen molar-refractivity contribution >= 4 is 5.91 Å². The molecular formula is C27H36FN3O4. The number of fused-ring (bicyclic) bond motifs is 1. The van der Waals surface area contributed by atoms with Gasteiger partial charge in [0.2, 0.25) is 5.88 Å². The van der Waals surface area contributed by atoms with Crippen LogP contribution in [0.15, 0.2) is 36.5 Å². The zero-order chi connectivity index (χ0) is 24.9. The topological polar surface area (TPSA) is 75.1 Å². The van der Waals surface area contributed by atoms with Gasteiger partial charge in [-0.15, -0.1) is 0 Å². The van der Waals surface area contributed by atoms with E-state index >= 15 is 0 Å². The SMILES string of the molecule is C[C@H](CO)N1C[C@H](C)[C@H](CN(C)CC2CCOCC2)Oc2ncc(-c3ccc(F)cc3)cc2C1=O. The number of carbonyl (C=O) groups is 1. The number of pyridine rings is 1. The summed E-state index contributed by atoms with van der Waals surface area (Å²) in [6, 6.07) is 7.51. The number of aliphatic hydroxyl groups is 1. The molecule has 2 aliphatic heterocycles. The highest BCUT2D eigenvalue weighted by Crippen LogP contribution is 2.30. The van der Waals surface area contributed by atoms with Crippen molar-refractivity contribution in [2.24, 2.45) is 11.8 Å². The van der Waals surface area contributed by atoms with Crippen LogP contribution in [-0.2, 0) is 4.74 Å². The zero-order valence-corrected chi connectivity index (χ0v) is 20.8. The number of halogens is 1. The molecule has 190 valence electrons. The van der Waals surface area contributed by atoms with Crippen LogP contribution in [0, 0.1) is 17.7 Å². The molecule has 0 saturated carbocycles. The van der Waals surface area contributed by atoms with Crippen LogP contribution in [0.4, 0.5) is 4.39 Å². The highest BCUT2D eigenvalue weighted by molar-refractivity contribution is 5.98. The van der Waals surface area contributed by atoms with E-state index in [-0.39, 0.29) is 36.4 Å². The highest BCUT2D eigenvalue weighted by atomic mass is 19.1. The number of likely N-dealkylation sites (N-methyl/N-ethyl adjacent to an activating group) is 1. The molecule has 0 aliphatic carbocycles. The third-order valence-corrected chi connectivity index (χ3v) is 7.10. The van der Waals surface area contributed by atoms with Gasteiger partial charge in [-0.25, -0.2) is 9.37 Å². The average molecular weight is 486 g/mol. The molecule has 8 heteroatoms. The van der Waals surface area contributed by atoms with E-state index in [0.29, 0.717) is 36.0 Å². The van der Waals surface area contributed by atoms with Crippen molar-refractivity contribution < 1.29 is 23.8 Å². The normalized spacial score (nSPS) is 22.3. The standard InChI is InChI=1S/C27H36FN3O4/c1-18-14-31(19(2)17-32)27(33)24-12-22(21-4-6-23(28)7-5-21)13-29-26(24)35-25(18)16-30(3)15-20-8-10-34-11-9-20/h4-7,12-13,18-20,25,32H,8-11,14-17H2,1-3H3/t18-,19+,25-/m0/s1. The largest absolute Gasteiger partial charge is 0.472 e. The molecule has 1 aromatic heterocycles. The van der Waals surface area contributed by atoms with Crippen LogP contribution in [-0.4, -0.2) is 84.4 Å². The second-order valence-electron chi connectivity index (χ2n) is 9.98. The van der Waals surface area contributed by atoms with Gasteiger partial charge in [-0.3, -0.25) is 4.79 Å². The minimum atomic E-state index is -0.342. The van der Waals surface area contributed by atoms with E-state index < -0.39 is 0 Å². The van der Waals surface area contributed by atoms with Crippen molar-refractivity contribution in [1.82, 2.24) is 14.8 Å². The van der Waals surface area contributed by atoms with Crippen molar-refractivity contribution in [1.29, 1.82) is 0 Å². The third-order valence-electron chi connectivity index (χ3n) is 7.10. The lowest BCUT2D eigenvalue weighted by Gasteiger charge is -2.38. The Morgan fingerprint density at radius 1 is 1.20 bits per heavy atom. The number of nitrogens with zero attached hydrogens (tertiary/aromatic N) is 3. The first-order valence-corrected chi connectivity index (χ1v) is 12.5. The van der Waals surface area contributed by atoms with Crippen LogP contribution in [0.25, 0.3) is 11.1 Å². The quantitative estimate of drug-likeness (QED) is 0.648. The summed E-state index contributed by atoms with van der Waals surface area (Å²) in [5.41, 5.74) is 1.83. The number of aromatic nitrogens is 1. The smallest absolute Gasteiger partial charge is 0.259 e. The minimum Gasteiger partial charge on any atom is -0.472 e. The van der Waals surface area contributed by atoms with Gasteiger partial charge in [-0.1, -0.05) is 19.1 Å². The number of amides is 1. The van der Waals surface area contributed by atoms with Crippen LogP contribution in [0.5, 0.6) is 5.88 Å². The van der Waals surface area contributed by atoms with Gasteiger partial charge in [0.25, 0.3) is 5.91 Å². The molecule has 0 spiro atoms. The van der Waals surface area contributed by atoms with Gasteiger partial charge in [-0.05, 0) is 56.5 Å². The Morgan fingerprint density at radius 3 is 2.60 bits per heavy atom. The summed E-state index contributed by atoms with van der Waals surface area (Å²) in [5, 5.41) is 9.86. The third kappa shape index (κ3) is 6.18. The minimum absolute atomic E-state index is 0.0387. The molecule has 1 amide bonds. The second-order valence-corrected chi connectivity index (χ2v) is 9.98. The van der Waals surface area contributed by atoms with Gasteiger partial charge in [-0.2, -0.15) is 0 Å². The Kier molecular flexibility index (Phi) is 8.36. The highest BCUT2D eigenvalue weighted by Gasteiger charge is 2.34. The molecule has 0 radical (unpaired) electrons. The van der Waals surface area contributed by atoms with E-state index in [4.69, 9.17) is 9.47 Å². The second kappa shape index (κ2) is 11.5. The van der Waals surface area contributed by atoms with Crippen molar-refractivity contribution in [3.8, 4) is 17.0 Å². The Morgan fingerprint density at radius 2 is 1.91 bits per heavy atom. The number of rotatable bonds is 7. The van der Waals surface area contributed by atoms with Gasteiger partial charge in [0.05, 0.1) is 12.6 Å². The lowest BCUT2D eigenvalue weighted by atomic mass is 9.97. The summed E-state index contributed by atoms with van der Waals surface area (Å²) in [6.45, 7) is 7.57. The van der Waals surface area contributed by atoms with Crippen molar-refractivity contribution in [2.45, 2.75) is 38.8 Å². The summed E-state index contributed by atoms with van der Waals surface area (Å²) in [7, 11) is 2.11. The number of aliphatic hydroxyl groups excluding tert-OH is 1. The van der Waals surface area contributed by atoms with Gasteiger partial charge in [0.1, 0.15) is 17.5 Å². The van der Waals surface area contributed by atoms with Crippen molar-refractivity contribution in [3.63, 3.8) is 0 Å². The fraction of sp³-hybridized carbons (Fsp3) is 0.556. The monoisotopic (exact) mass is 485 g/mol. The molecule has 1 N–H and O–H groups in total. The summed E-state index contributed by atoms with van der Waals surface area (Å²) in [4.78, 5) is 22.1. The van der Waals surface area contributed by atoms with Crippen LogP contribution in [0.2, 0.25) is 0 Å². The fourth-order valence-electron chi connectivity index (χ4n) is 4.87. The molecule has 2 aliphatic rings. The van der Waals surface area contributed by atoms with E-state index in [2.05, 4.69) is 23.9 Å². The maximum atomic E-state index is 13.6. The van der Waals surface area contributed by atoms with Gasteiger partial charge in [0, 0.05) is 50.5 Å². The van der Waals surface area contributed by atoms with Crippen molar-refractivity contribution in [3.05, 3.63) is 47.9 Å². The van der Waals surface area contributed by atoms with Crippen LogP contribution >= 0.6 is 0 Å². The first-order chi connectivity index (χ1) is 16.9. The summed E-state index contributed by atoms with van der Waals surface area (Å²) < 4.78 is 25.3. The molecule has 2 aromatic rings. The predicted molar refractivity (Wildman–Crippen MR) is 132 cm³/mol. The number of ether oxygens (including phenoxy) is 2. The van der Waals surface area contributed by atoms with E-state index in [1.54, 1.807) is 29.3 Å². The maximum Gasteiger partial charge on any atom is 0.259 e. The average Bonchev–Trinajstić information content (AvgIpc) is 2.86. The lowest BCUT2D eigenvalue weighted by Crippen LogP contribution is -2.50. The molecule has 35 heavy (non-hydrogen) atoms. The Hall–Kier alpha value is -2.55. The Balaban J connectivity index is 1.62. The molecular weight excluding hydrogens is 449 g/mol. The summed E-state index contributed by atoms with van der Waals surface area (Å²) >= 11 is 0. The number of hydrogen-bond acceptors (Lipinski definition) is 6. The molecule has 3 heterocycles. The summed E-state index contributed by atoms with van der Waals surface area (Å²) in [6.07, 6.45) is 3.62. The van der Waals surface area contributed by atoms with Gasteiger partial charge < -0.3 is 24.4 Å². The number of benzene rings is 1. The van der Waals surface area contributed by atoms with Gasteiger partial charge >= 0.3 is 0 Å². The first kappa shape index (κ1) is 25.5. The van der Waals surface area contributed by atoms with E-state index in [1.807, 2.05) is 6.92 Å². The lowest BCUT2D eigenvalue weighted by molar-refractivity contribution is 0.0254. The van der Waals surface area contributed by atoms with Crippen molar-refractivity contribution in [2.75, 3.05) is 46.5 Å². The van der Waals surface area contributed by atoms with Crippen LogP contribution in [0.1, 0.15) is 37.0 Å².